The van der Waals surface area contributed by atoms with Crippen molar-refractivity contribution < 1.29 is 4.74 Å². The number of unbranched alkanes of at least 4 members (excludes halogenated alkanes) is 1. The summed E-state index contributed by atoms with van der Waals surface area (Å²) in [5, 5.41) is 4.81. The second-order valence-corrected chi connectivity index (χ2v) is 6.65. The SMILES string of the molecule is CC(C)(C)NCCCCOc1cc(Cl)c(Cl)cc1Cl. The first-order valence-corrected chi connectivity index (χ1v) is 7.45. The average molecular weight is 325 g/mol. The zero-order valence-corrected chi connectivity index (χ0v) is 13.8. The summed E-state index contributed by atoms with van der Waals surface area (Å²) in [6, 6.07) is 3.25. The van der Waals surface area contributed by atoms with Crippen molar-refractivity contribution in [2.75, 3.05) is 13.2 Å². The first-order valence-electron chi connectivity index (χ1n) is 6.32. The Morgan fingerprint density at radius 2 is 1.63 bits per heavy atom. The van der Waals surface area contributed by atoms with Gasteiger partial charge < -0.3 is 10.1 Å². The molecule has 0 aliphatic carbocycles. The van der Waals surface area contributed by atoms with E-state index in [1.807, 2.05) is 0 Å². The lowest BCUT2D eigenvalue weighted by molar-refractivity contribution is 0.301. The second-order valence-electron chi connectivity index (χ2n) is 5.43. The van der Waals surface area contributed by atoms with E-state index in [-0.39, 0.29) is 5.54 Å². The molecule has 1 N–H and O–H groups in total. The first-order chi connectivity index (χ1) is 8.79. The van der Waals surface area contributed by atoms with Crippen LogP contribution in [0.3, 0.4) is 0 Å². The summed E-state index contributed by atoms with van der Waals surface area (Å²) in [5.41, 5.74) is 0.161. The number of hydrogen-bond donors (Lipinski definition) is 1. The molecule has 1 aromatic carbocycles. The van der Waals surface area contributed by atoms with Crippen LogP contribution in [0.25, 0.3) is 0 Å². The maximum atomic E-state index is 6.02. The molecule has 0 unspecified atom stereocenters. The zero-order valence-electron chi connectivity index (χ0n) is 11.5. The van der Waals surface area contributed by atoms with E-state index < -0.39 is 0 Å². The van der Waals surface area contributed by atoms with Crippen LogP contribution in [0.4, 0.5) is 0 Å². The number of benzene rings is 1. The molecule has 0 atom stereocenters. The minimum atomic E-state index is 0.161. The van der Waals surface area contributed by atoms with Crippen LogP contribution in [0.1, 0.15) is 33.6 Å². The summed E-state index contributed by atoms with van der Waals surface area (Å²) in [4.78, 5) is 0. The highest BCUT2D eigenvalue weighted by Crippen LogP contribution is 2.33. The molecular weight excluding hydrogens is 305 g/mol. The van der Waals surface area contributed by atoms with Crippen LogP contribution in [0.2, 0.25) is 15.1 Å². The zero-order chi connectivity index (χ0) is 14.5. The van der Waals surface area contributed by atoms with Gasteiger partial charge in [-0.25, -0.2) is 0 Å². The van der Waals surface area contributed by atoms with E-state index in [4.69, 9.17) is 39.5 Å². The Kier molecular flexibility index (Phi) is 6.75. The molecule has 1 aromatic rings. The third kappa shape index (κ3) is 6.71. The van der Waals surface area contributed by atoms with Crippen molar-refractivity contribution in [2.24, 2.45) is 0 Å². The molecule has 0 spiro atoms. The molecule has 0 saturated heterocycles. The summed E-state index contributed by atoms with van der Waals surface area (Å²) in [7, 11) is 0. The highest BCUT2D eigenvalue weighted by Gasteiger charge is 2.08. The van der Waals surface area contributed by atoms with Gasteiger partial charge in [0.05, 0.1) is 21.7 Å². The lowest BCUT2D eigenvalue weighted by Gasteiger charge is -2.20. The third-order valence-electron chi connectivity index (χ3n) is 2.46. The van der Waals surface area contributed by atoms with Gasteiger partial charge in [-0.1, -0.05) is 34.8 Å². The number of ether oxygens (including phenoxy) is 1. The maximum Gasteiger partial charge on any atom is 0.139 e. The molecule has 0 heterocycles. The highest BCUT2D eigenvalue weighted by molar-refractivity contribution is 6.43. The normalized spacial score (nSPS) is 11.7. The molecule has 0 amide bonds. The van der Waals surface area contributed by atoms with Gasteiger partial charge in [-0.05, 0) is 46.2 Å². The predicted molar refractivity (Wildman–Crippen MR) is 84.0 cm³/mol. The number of hydrogen-bond acceptors (Lipinski definition) is 2. The number of nitrogens with one attached hydrogen (secondary N) is 1. The fraction of sp³-hybridized carbons (Fsp3) is 0.571. The van der Waals surface area contributed by atoms with Crippen LogP contribution in [0, 0.1) is 0 Å². The topological polar surface area (TPSA) is 21.3 Å². The molecule has 1 rings (SSSR count). The van der Waals surface area contributed by atoms with Gasteiger partial charge in [-0.3, -0.25) is 0 Å². The Hall–Kier alpha value is -0.150. The molecule has 5 heteroatoms. The van der Waals surface area contributed by atoms with Crippen LogP contribution in [0.5, 0.6) is 5.75 Å². The minimum absolute atomic E-state index is 0.161. The molecule has 0 radical (unpaired) electrons. The van der Waals surface area contributed by atoms with Crippen molar-refractivity contribution in [3.05, 3.63) is 27.2 Å². The molecule has 108 valence electrons. The van der Waals surface area contributed by atoms with E-state index in [0.29, 0.717) is 27.4 Å². The van der Waals surface area contributed by atoms with E-state index >= 15 is 0 Å². The van der Waals surface area contributed by atoms with E-state index in [1.54, 1.807) is 12.1 Å². The van der Waals surface area contributed by atoms with Crippen molar-refractivity contribution in [1.29, 1.82) is 0 Å². The van der Waals surface area contributed by atoms with Crippen LogP contribution in [-0.2, 0) is 0 Å². The van der Waals surface area contributed by atoms with Crippen molar-refractivity contribution in [2.45, 2.75) is 39.2 Å². The molecule has 0 aliphatic rings. The lowest BCUT2D eigenvalue weighted by Crippen LogP contribution is -2.36. The quantitative estimate of drug-likeness (QED) is 0.574. The molecule has 2 nitrogen and oxygen atoms in total. The molecule has 0 saturated carbocycles. The Bertz CT molecular complexity index is 416. The van der Waals surface area contributed by atoms with Crippen LogP contribution < -0.4 is 10.1 Å². The van der Waals surface area contributed by atoms with Gasteiger partial charge in [-0.15, -0.1) is 0 Å². The molecule has 0 aromatic heterocycles. The number of halogens is 3. The van der Waals surface area contributed by atoms with Crippen molar-refractivity contribution in [3.63, 3.8) is 0 Å². The fourth-order valence-electron chi connectivity index (χ4n) is 1.49. The standard InChI is InChI=1S/C14H20Cl3NO/c1-14(2,3)18-6-4-5-7-19-13-9-11(16)10(15)8-12(13)17/h8-9,18H,4-7H2,1-3H3. The van der Waals surface area contributed by atoms with Crippen molar-refractivity contribution >= 4 is 34.8 Å². The molecule has 0 fully saturated rings. The van der Waals surface area contributed by atoms with Gasteiger partial charge in [0, 0.05) is 11.6 Å². The smallest absolute Gasteiger partial charge is 0.139 e. The van der Waals surface area contributed by atoms with Crippen LogP contribution >= 0.6 is 34.8 Å². The van der Waals surface area contributed by atoms with Crippen LogP contribution in [0.15, 0.2) is 12.1 Å². The summed E-state index contributed by atoms with van der Waals surface area (Å²) >= 11 is 17.8. The third-order valence-corrected chi connectivity index (χ3v) is 3.48. The Labute approximate surface area is 130 Å². The molecule has 0 bridgehead atoms. The van der Waals surface area contributed by atoms with E-state index in [0.717, 1.165) is 19.4 Å². The van der Waals surface area contributed by atoms with E-state index in [1.165, 1.54) is 0 Å². The fourth-order valence-corrected chi connectivity index (χ4v) is 2.08. The van der Waals surface area contributed by atoms with Gasteiger partial charge in [0.1, 0.15) is 5.75 Å². The largest absolute Gasteiger partial charge is 0.492 e. The van der Waals surface area contributed by atoms with Gasteiger partial charge in [0.25, 0.3) is 0 Å². The Morgan fingerprint density at radius 3 is 2.26 bits per heavy atom. The summed E-state index contributed by atoms with van der Waals surface area (Å²) in [6.45, 7) is 8.04. The predicted octanol–water partition coefficient (Wildman–Crippen LogP) is 5.19. The summed E-state index contributed by atoms with van der Waals surface area (Å²) < 4.78 is 5.60. The van der Waals surface area contributed by atoms with E-state index in [9.17, 15) is 0 Å². The van der Waals surface area contributed by atoms with Gasteiger partial charge >= 0.3 is 0 Å². The van der Waals surface area contributed by atoms with Crippen molar-refractivity contribution in [1.82, 2.24) is 5.32 Å². The lowest BCUT2D eigenvalue weighted by atomic mass is 10.1. The second kappa shape index (κ2) is 7.58. The monoisotopic (exact) mass is 323 g/mol. The Morgan fingerprint density at radius 1 is 1.00 bits per heavy atom. The summed E-state index contributed by atoms with van der Waals surface area (Å²) in [5.74, 6) is 0.583. The summed E-state index contributed by atoms with van der Waals surface area (Å²) in [6.07, 6.45) is 2.01. The van der Waals surface area contributed by atoms with Crippen molar-refractivity contribution in [3.8, 4) is 5.75 Å². The average Bonchev–Trinajstić information content (AvgIpc) is 2.28. The minimum Gasteiger partial charge on any atom is -0.492 e. The Balaban J connectivity index is 2.28. The molecule has 0 aliphatic heterocycles. The van der Waals surface area contributed by atoms with Gasteiger partial charge in [0.2, 0.25) is 0 Å². The van der Waals surface area contributed by atoms with Gasteiger partial charge in [-0.2, -0.15) is 0 Å². The molecule has 19 heavy (non-hydrogen) atoms. The highest BCUT2D eigenvalue weighted by atomic mass is 35.5. The van der Waals surface area contributed by atoms with E-state index in [2.05, 4.69) is 26.1 Å². The van der Waals surface area contributed by atoms with Crippen LogP contribution in [-0.4, -0.2) is 18.7 Å². The molecular formula is C14H20Cl3NO. The maximum absolute atomic E-state index is 6.02. The first kappa shape index (κ1) is 16.9. The number of rotatable bonds is 6. The van der Waals surface area contributed by atoms with Gasteiger partial charge in [0.15, 0.2) is 0 Å².